The fourth-order valence-corrected chi connectivity index (χ4v) is 2.61. The number of nitrogens with one attached hydrogen (secondary N) is 1. The Morgan fingerprint density at radius 3 is 2.81 bits per heavy atom. The van der Waals surface area contributed by atoms with Crippen molar-refractivity contribution < 1.29 is 13.6 Å². The first-order valence-electron chi connectivity index (χ1n) is 7.54. The lowest BCUT2D eigenvalue weighted by molar-refractivity contribution is -0.117. The van der Waals surface area contributed by atoms with Crippen molar-refractivity contribution in [2.24, 2.45) is 0 Å². The third-order valence-electron chi connectivity index (χ3n) is 3.48. The number of nitrogens with zero attached hydrogens (tertiary/aromatic N) is 1. The van der Waals surface area contributed by atoms with E-state index in [-0.39, 0.29) is 12.1 Å². The van der Waals surface area contributed by atoms with E-state index in [0.717, 1.165) is 0 Å². The van der Waals surface area contributed by atoms with E-state index in [2.05, 4.69) is 5.32 Å². The number of hydrogen-bond donors (Lipinski definition) is 1. The summed E-state index contributed by atoms with van der Waals surface area (Å²) in [5.74, 6) is 0.895. The molecule has 0 saturated heterocycles. The number of hydrogen-bond acceptors (Lipinski definition) is 4. The van der Waals surface area contributed by atoms with E-state index < -0.39 is 5.91 Å². The SMILES string of the molecule is N#C/C(=C\c1ccc(-c2cc(Cl)ccc2Cl)o1)C(=O)NCc1ccco1. The maximum absolute atomic E-state index is 12.1. The summed E-state index contributed by atoms with van der Waals surface area (Å²) in [6.07, 6.45) is 2.87. The predicted octanol–water partition coefficient (Wildman–Crippen LogP) is 5.07. The number of furan rings is 2. The first-order chi connectivity index (χ1) is 12.6. The number of amides is 1. The van der Waals surface area contributed by atoms with Gasteiger partial charge in [-0.15, -0.1) is 0 Å². The molecule has 1 N–H and O–H groups in total. The Kier molecular flexibility index (Phi) is 5.47. The van der Waals surface area contributed by atoms with Crippen LogP contribution in [0.25, 0.3) is 17.4 Å². The van der Waals surface area contributed by atoms with Crippen LogP contribution in [-0.2, 0) is 11.3 Å². The molecule has 130 valence electrons. The van der Waals surface area contributed by atoms with E-state index in [4.69, 9.17) is 32.0 Å². The van der Waals surface area contributed by atoms with E-state index in [9.17, 15) is 10.1 Å². The molecular formula is C19H12Cl2N2O3. The number of rotatable bonds is 5. The van der Waals surface area contributed by atoms with Gasteiger partial charge in [0.05, 0.1) is 17.8 Å². The van der Waals surface area contributed by atoms with Crippen LogP contribution in [0.1, 0.15) is 11.5 Å². The highest BCUT2D eigenvalue weighted by molar-refractivity contribution is 6.35. The van der Waals surface area contributed by atoms with Gasteiger partial charge in [0.15, 0.2) is 0 Å². The van der Waals surface area contributed by atoms with E-state index >= 15 is 0 Å². The monoisotopic (exact) mass is 386 g/mol. The van der Waals surface area contributed by atoms with Gasteiger partial charge in [-0.1, -0.05) is 23.2 Å². The van der Waals surface area contributed by atoms with Crippen LogP contribution in [0, 0.1) is 11.3 Å². The number of carbonyl (C=O) groups is 1. The van der Waals surface area contributed by atoms with Gasteiger partial charge in [0, 0.05) is 16.7 Å². The summed E-state index contributed by atoms with van der Waals surface area (Å²) in [5, 5.41) is 12.8. The summed E-state index contributed by atoms with van der Waals surface area (Å²) in [7, 11) is 0. The minimum atomic E-state index is -0.525. The van der Waals surface area contributed by atoms with Gasteiger partial charge in [-0.25, -0.2) is 0 Å². The summed E-state index contributed by atoms with van der Waals surface area (Å²) < 4.78 is 10.8. The fraction of sp³-hybridized carbons (Fsp3) is 0.0526. The molecule has 0 aliphatic carbocycles. The molecule has 3 rings (SSSR count). The molecule has 0 aliphatic heterocycles. The summed E-state index contributed by atoms with van der Waals surface area (Å²) >= 11 is 12.1. The summed E-state index contributed by atoms with van der Waals surface area (Å²) in [5.41, 5.74) is 0.536. The lowest BCUT2D eigenvalue weighted by Gasteiger charge is -2.02. The van der Waals surface area contributed by atoms with Gasteiger partial charge in [0.25, 0.3) is 5.91 Å². The second kappa shape index (κ2) is 7.96. The van der Waals surface area contributed by atoms with Crippen molar-refractivity contribution in [3.8, 4) is 17.4 Å². The van der Waals surface area contributed by atoms with Crippen LogP contribution in [-0.4, -0.2) is 5.91 Å². The molecule has 2 aromatic heterocycles. The molecule has 0 unspecified atom stereocenters. The Morgan fingerprint density at radius 2 is 2.08 bits per heavy atom. The number of halogens is 2. The van der Waals surface area contributed by atoms with E-state index in [1.54, 1.807) is 42.5 Å². The maximum atomic E-state index is 12.1. The zero-order valence-corrected chi connectivity index (χ0v) is 14.8. The molecule has 0 spiro atoms. The summed E-state index contributed by atoms with van der Waals surface area (Å²) in [6.45, 7) is 0.187. The third kappa shape index (κ3) is 4.17. The molecule has 5 nitrogen and oxygen atoms in total. The van der Waals surface area contributed by atoms with Crippen LogP contribution in [0.2, 0.25) is 10.0 Å². The molecule has 2 heterocycles. The fourth-order valence-electron chi connectivity index (χ4n) is 2.23. The van der Waals surface area contributed by atoms with E-state index in [0.29, 0.717) is 32.9 Å². The number of nitriles is 1. The van der Waals surface area contributed by atoms with Crippen molar-refractivity contribution in [1.82, 2.24) is 5.32 Å². The van der Waals surface area contributed by atoms with Crippen molar-refractivity contribution >= 4 is 35.2 Å². The smallest absolute Gasteiger partial charge is 0.262 e. The van der Waals surface area contributed by atoms with Crippen LogP contribution < -0.4 is 5.32 Å². The summed E-state index contributed by atoms with van der Waals surface area (Å²) in [4.78, 5) is 12.1. The Morgan fingerprint density at radius 1 is 1.23 bits per heavy atom. The van der Waals surface area contributed by atoms with Crippen LogP contribution in [0.15, 0.2) is 63.1 Å². The lowest BCUT2D eigenvalue weighted by Crippen LogP contribution is -2.23. The quantitative estimate of drug-likeness (QED) is 0.490. The topological polar surface area (TPSA) is 79.2 Å². The molecule has 0 aliphatic rings. The minimum absolute atomic E-state index is 0.0883. The highest BCUT2D eigenvalue weighted by Crippen LogP contribution is 2.32. The first-order valence-corrected chi connectivity index (χ1v) is 8.30. The van der Waals surface area contributed by atoms with Gasteiger partial charge in [0.2, 0.25) is 0 Å². The highest BCUT2D eigenvalue weighted by atomic mass is 35.5. The molecular weight excluding hydrogens is 375 g/mol. The molecule has 0 radical (unpaired) electrons. The molecule has 0 bridgehead atoms. The molecule has 26 heavy (non-hydrogen) atoms. The Balaban J connectivity index is 1.77. The number of benzene rings is 1. The molecule has 0 saturated carbocycles. The predicted molar refractivity (Wildman–Crippen MR) is 98.3 cm³/mol. The zero-order chi connectivity index (χ0) is 18.5. The minimum Gasteiger partial charge on any atom is -0.467 e. The van der Waals surface area contributed by atoms with Crippen LogP contribution in [0.3, 0.4) is 0 Å². The molecule has 0 atom stereocenters. The average molecular weight is 387 g/mol. The number of carbonyl (C=O) groups excluding carboxylic acids is 1. The second-order valence-corrected chi connectivity index (χ2v) is 6.10. The zero-order valence-electron chi connectivity index (χ0n) is 13.3. The molecule has 7 heteroatoms. The Hall–Kier alpha value is -2.94. The lowest BCUT2D eigenvalue weighted by atomic mass is 10.2. The van der Waals surface area contributed by atoms with Crippen molar-refractivity contribution in [2.75, 3.05) is 0 Å². The van der Waals surface area contributed by atoms with Gasteiger partial charge in [-0.3, -0.25) is 4.79 Å². The molecule has 0 fully saturated rings. The van der Waals surface area contributed by atoms with Gasteiger partial charge >= 0.3 is 0 Å². The highest BCUT2D eigenvalue weighted by Gasteiger charge is 2.13. The van der Waals surface area contributed by atoms with Crippen molar-refractivity contribution in [3.63, 3.8) is 0 Å². The van der Waals surface area contributed by atoms with Crippen molar-refractivity contribution in [2.45, 2.75) is 6.54 Å². The Labute approximate surface area is 159 Å². The standard InChI is InChI=1S/C19H12Cl2N2O3/c20-13-3-5-17(21)16(9-13)18-6-4-14(26-18)8-12(10-22)19(24)23-11-15-2-1-7-25-15/h1-9H,11H2,(H,23,24)/b12-8+. The van der Waals surface area contributed by atoms with Gasteiger partial charge in [-0.05, 0) is 42.5 Å². The molecule has 1 aromatic carbocycles. The van der Waals surface area contributed by atoms with Gasteiger partial charge in [-0.2, -0.15) is 5.26 Å². The van der Waals surface area contributed by atoms with Gasteiger partial charge in [0.1, 0.15) is 28.9 Å². The maximum Gasteiger partial charge on any atom is 0.262 e. The average Bonchev–Trinajstić information content (AvgIpc) is 3.31. The molecule has 1 amide bonds. The first kappa shape index (κ1) is 17.9. The molecule has 3 aromatic rings. The van der Waals surface area contributed by atoms with Crippen LogP contribution in [0.5, 0.6) is 0 Å². The van der Waals surface area contributed by atoms with E-state index in [1.807, 2.05) is 6.07 Å². The van der Waals surface area contributed by atoms with Gasteiger partial charge < -0.3 is 14.2 Å². The van der Waals surface area contributed by atoms with Crippen molar-refractivity contribution in [1.29, 1.82) is 5.26 Å². The third-order valence-corrected chi connectivity index (χ3v) is 4.04. The second-order valence-electron chi connectivity index (χ2n) is 5.26. The van der Waals surface area contributed by atoms with Crippen LogP contribution in [0.4, 0.5) is 0 Å². The Bertz CT molecular complexity index is 998. The van der Waals surface area contributed by atoms with Crippen molar-refractivity contribution in [3.05, 3.63) is 75.9 Å². The largest absolute Gasteiger partial charge is 0.467 e. The van der Waals surface area contributed by atoms with E-state index in [1.165, 1.54) is 12.3 Å². The normalized spacial score (nSPS) is 11.2. The van der Waals surface area contributed by atoms with Crippen LogP contribution >= 0.6 is 23.2 Å². The summed E-state index contributed by atoms with van der Waals surface area (Å²) in [6, 6.07) is 13.7.